The second-order valence-electron chi connectivity index (χ2n) is 16.4. The molecule has 7 rings (SSSR count). The average Bonchev–Trinajstić information content (AvgIpc) is 4.01. The Morgan fingerprint density at radius 3 is 1.73 bits per heavy atom. The molecule has 5 amide bonds. The van der Waals surface area contributed by atoms with Crippen LogP contribution in [0.5, 0.6) is 0 Å². The highest BCUT2D eigenvalue weighted by Crippen LogP contribution is 2.44. The molecule has 1 aliphatic rings. The molecule has 0 unspecified atom stereocenters. The van der Waals surface area contributed by atoms with E-state index in [2.05, 4.69) is 55.5 Å². The number of nitrogens with one attached hydrogen (secondary N) is 6. The normalized spacial score (nSPS) is 13.9. The molecular weight excluding hydrogens is 811 g/mol. The first-order valence-corrected chi connectivity index (χ1v) is 22.0. The van der Waals surface area contributed by atoms with Gasteiger partial charge in [0.05, 0.1) is 6.04 Å². The first-order chi connectivity index (χ1) is 31.1. The first-order valence-electron chi connectivity index (χ1n) is 22.0. The van der Waals surface area contributed by atoms with Gasteiger partial charge in [0.2, 0.25) is 23.6 Å². The molecule has 334 valence electrons. The van der Waals surface area contributed by atoms with Crippen LogP contribution in [0.2, 0.25) is 0 Å². The predicted molar refractivity (Wildman–Crippen MR) is 247 cm³/mol. The van der Waals surface area contributed by atoms with Crippen molar-refractivity contribution in [1.29, 1.82) is 0 Å². The SMILES string of the molecule is NCCCC[C@H](NC(=O)[C@H](Cc1c[nH]c2ccccc12)NC(=O)[C@@H](N)CCCCNC(=O)OCC1c2ccccc2-c2ccccc21)C(=O)N[C@@H](Cc1c[nH]c2ccccc12)C(N)=O. The van der Waals surface area contributed by atoms with Crippen molar-refractivity contribution in [3.63, 3.8) is 0 Å². The van der Waals surface area contributed by atoms with Crippen molar-refractivity contribution in [3.05, 3.63) is 132 Å². The van der Waals surface area contributed by atoms with Gasteiger partial charge in [0, 0.05) is 59.5 Å². The third-order valence-electron chi connectivity index (χ3n) is 12.0. The lowest BCUT2D eigenvalue weighted by molar-refractivity contribution is -0.133. The summed E-state index contributed by atoms with van der Waals surface area (Å²) in [4.78, 5) is 73.5. The van der Waals surface area contributed by atoms with Crippen molar-refractivity contribution in [2.24, 2.45) is 17.2 Å². The number of benzene rings is 4. The largest absolute Gasteiger partial charge is 0.449 e. The lowest BCUT2D eigenvalue weighted by atomic mass is 9.98. The Morgan fingerprint density at radius 2 is 1.12 bits per heavy atom. The van der Waals surface area contributed by atoms with E-state index in [-0.39, 0.29) is 38.2 Å². The average molecular weight is 868 g/mol. The van der Waals surface area contributed by atoms with Gasteiger partial charge in [0.1, 0.15) is 24.7 Å². The van der Waals surface area contributed by atoms with Gasteiger partial charge in [-0.2, -0.15) is 0 Å². The fourth-order valence-corrected chi connectivity index (χ4v) is 8.52. The number of unbranched alkanes of at least 4 members (excludes halogenated alkanes) is 2. The van der Waals surface area contributed by atoms with Crippen molar-refractivity contribution in [3.8, 4) is 11.1 Å². The quantitative estimate of drug-likeness (QED) is 0.0437. The molecule has 0 fully saturated rings. The highest BCUT2D eigenvalue weighted by Gasteiger charge is 2.32. The van der Waals surface area contributed by atoms with Crippen LogP contribution in [-0.4, -0.2) is 83.6 Å². The number of fused-ring (bicyclic) bond motifs is 5. The number of nitrogens with two attached hydrogens (primary N) is 3. The van der Waals surface area contributed by atoms with Crippen LogP contribution in [0.25, 0.3) is 32.9 Å². The van der Waals surface area contributed by atoms with E-state index in [1.807, 2.05) is 72.8 Å². The maximum absolute atomic E-state index is 14.2. The molecule has 2 aromatic heterocycles. The van der Waals surface area contributed by atoms with E-state index in [1.54, 1.807) is 12.4 Å². The minimum atomic E-state index is -1.11. The smallest absolute Gasteiger partial charge is 0.407 e. The summed E-state index contributed by atoms with van der Waals surface area (Å²) in [6.45, 7) is 0.912. The van der Waals surface area contributed by atoms with Crippen molar-refractivity contribution in [2.45, 2.75) is 81.5 Å². The zero-order valence-corrected chi connectivity index (χ0v) is 35.7. The van der Waals surface area contributed by atoms with E-state index in [0.717, 1.165) is 55.2 Å². The van der Waals surface area contributed by atoms with E-state index in [9.17, 15) is 24.0 Å². The monoisotopic (exact) mass is 867 g/mol. The van der Waals surface area contributed by atoms with Crippen LogP contribution < -0.4 is 38.5 Å². The number of hydrogen-bond acceptors (Lipinski definition) is 8. The number of para-hydroxylation sites is 2. The zero-order valence-electron chi connectivity index (χ0n) is 35.7. The Kier molecular flexibility index (Phi) is 15.1. The fourth-order valence-electron chi connectivity index (χ4n) is 8.52. The third-order valence-corrected chi connectivity index (χ3v) is 12.0. The van der Waals surface area contributed by atoms with Crippen molar-refractivity contribution >= 4 is 51.5 Å². The van der Waals surface area contributed by atoms with Crippen molar-refractivity contribution < 1.29 is 28.7 Å². The summed E-state index contributed by atoms with van der Waals surface area (Å²) >= 11 is 0. The van der Waals surface area contributed by atoms with Crippen LogP contribution in [0.1, 0.15) is 66.7 Å². The number of carbonyl (C=O) groups is 5. The Hall–Kier alpha value is -6.97. The van der Waals surface area contributed by atoms with Gasteiger partial charge in [-0.3, -0.25) is 19.2 Å². The zero-order chi connectivity index (χ0) is 45.0. The molecule has 4 atom stereocenters. The molecule has 2 heterocycles. The summed E-state index contributed by atoms with van der Waals surface area (Å²) < 4.78 is 5.64. The van der Waals surface area contributed by atoms with Crippen LogP contribution in [0.4, 0.5) is 4.79 Å². The first kappa shape index (κ1) is 45.1. The topological polar surface area (TPSA) is 252 Å². The lowest BCUT2D eigenvalue weighted by Crippen LogP contribution is -2.58. The standard InChI is InChI=1S/C49H57N9O6/c50-23-11-9-22-42(47(61)57-43(45(52)59)25-30-27-54-40-20-7-5-13-32(30)40)56-48(62)44(26-31-28-55-41-21-8-6-14-33(31)41)58-46(60)39(51)19-10-12-24-53-49(63)64-29-38-36-17-3-1-15-34(36)35-16-2-4-18-37(35)38/h1-8,13-18,20-21,27-28,38-39,42-44,54-55H,9-12,19,22-26,29,50-51H2,(H2,52,59)(H,53,63)(H,56,62)(H,57,61)(H,58,60)/t39-,42-,43-,44-/m0/s1. The number of aromatic nitrogens is 2. The number of rotatable bonds is 22. The molecule has 4 aromatic carbocycles. The van der Waals surface area contributed by atoms with Crippen molar-refractivity contribution in [2.75, 3.05) is 19.7 Å². The fraction of sp³-hybridized carbons (Fsp3) is 0.327. The minimum Gasteiger partial charge on any atom is -0.449 e. The molecule has 0 saturated carbocycles. The van der Waals surface area contributed by atoms with E-state index in [0.29, 0.717) is 38.8 Å². The van der Waals surface area contributed by atoms with Gasteiger partial charge < -0.3 is 53.2 Å². The van der Waals surface area contributed by atoms with Gasteiger partial charge in [0.25, 0.3) is 0 Å². The number of primary amides is 1. The van der Waals surface area contributed by atoms with Crippen LogP contribution in [0.15, 0.2) is 109 Å². The second-order valence-corrected chi connectivity index (χ2v) is 16.4. The number of hydrogen-bond donors (Lipinski definition) is 9. The van der Waals surface area contributed by atoms with E-state index in [4.69, 9.17) is 21.9 Å². The third kappa shape index (κ3) is 11.0. The van der Waals surface area contributed by atoms with Gasteiger partial charge >= 0.3 is 6.09 Å². The summed E-state index contributed by atoms with van der Waals surface area (Å²) in [5.41, 5.74) is 25.8. The van der Waals surface area contributed by atoms with Gasteiger partial charge in [-0.1, -0.05) is 84.9 Å². The van der Waals surface area contributed by atoms with Gasteiger partial charge in [-0.15, -0.1) is 0 Å². The van der Waals surface area contributed by atoms with Gasteiger partial charge in [-0.25, -0.2) is 4.79 Å². The van der Waals surface area contributed by atoms with Gasteiger partial charge in [-0.05, 0) is 90.6 Å². The minimum absolute atomic E-state index is 0.0495. The molecule has 15 nitrogen and oxygen atoms in total. The molecule has 6 aromatic rings. The summed E-state index contributed by atoms with van der Waals surface area (Å²) in [6, 6.07) is 27.3. The van der Waals surface area contributed by atoms with Crippen LogP contribution in [0.3, 0.4) is 0 Å². The molecule has 64 heavy (non-hydrogen) atoms. The summed E-state index contributed by atoms with van der Waals surface area (Å²) in [7, 11) is 0. The number of carbonyl (C=O) groups excluding carboxylic acids is 5. The maximum Gasteiger partial charge on any atom is 0.407 e. The molecule has 0 aliphatic heterocycles. The van der Waals surface area contributed by atoms with E-state index >= 15 is 0 Å². The Balaban J connectivity index is 0.945. The van der Waals surface area contributed by atoms with Gasteiger partial charge in [0.15, 0.2) is 0 Å². The second kappa shape index (κ2) is 21.4. The molecule has 0 saturated heterocycles. The Morgan fingerprint density at radius 1 is 0.609 bits per heavy atom. The van der Waals surface area contributed by atoms with Crippen LogP contribution in [-0.2, 0) is 36.8 Å². The number of alkyl carbamates (subject to hydrolysis) is 1. The summed E-state index contributed by atoms with van der Waals surface area (Å²) in [6.07, 6.45) is 5.95. The maximum atomic E-state index is 14.2. The Bertz CT molecular complexity index is 2540. The molecule has 0 spiro atoms. The molecule has 0 radical (unpaired) electrons. The van der Waals surface area contributed by atoms with E-state index < -0.39 is 53.9 Å². The predicted octanol–water partition coefficient (Wildman–Crippen LogP) is 4.54. The highest BCUT2D eigenvalue weighted by atomic mass is 16.5. The summed E-state index contributed by atoms with van der Waals surface area (Å²) in [5.74, 6) is -2.50. The molecular formula is C49H57N9O6. The number of aromatic amines is 2. The molecule has 0 bridgehead atoms. The number of H-pyrrole nitrogens is 2. The molecule has 1 aliphatic carbocycles. The Labute approximate surface area is 371 Å². The van der Waals surface area contributed by atoms with Crippen LogP contribution in [0, 0.1) is 0 Å². The van der Waals surface area contributed by atoms with Crippen molar-refractivity contribution in [1.82, 2.24) is 31.2 Å². The number of amides is 5. The van der Waals surface area contributed by atoms with E-state index in [1.165, 1.54) is 0 Å². The number of ether oxygens (including phenoxy) is 1. The molecule has 15 heteroatoms. The van der Waals surface area contributed by atoms with Crippen LogP contribution >= 0.6 is 0 Å². The summed E-state index contributed by atoms with van der Waals surface area (Å²) in [5, 5.41) is 13.0. The molecule has 12 N–H and O–H groups in total. The highest BCUT2D eigenvalue weighted by molar-refractivity contribution is 5.95. The lowest BCUT2D eigenvalue weighted by Gasteiger charge is -2.25.